The van der Waals surface area contributed by atoms with Gasteiger partial charge in [0.05, 0.1) is 5.01 Å². The zero-order valence-electron chi connectivity index (χ0n) is 19.5. The van der Waals surface area contributed by atoms with E-state index in [0.717, 1.165) is 22.1 Å². The predicted molar refractivity (Wildman–Crippen MR) is 135 cm³/mol. The summed E-state index contributed by atoms with van der Waals surface area (Å²) >= 11 is 3.50. The lowest BCUT2D eigenvalue weighted by molar-refractivity contribution is 1.12. The van der Waals surface area contributed by atoms with Crippen molar-refractivity contribution < 1.29 is 0 Å². The minimum absolute atomic E-state index is 1.09. The van der Waals surface area contributed by atoms with Crippen LogP contribution in [0, 0.1) is 55.4 Å². The average Bonchev–Trinajstić information content (AvgIpc) is 3.22. The summed E-state index contributed by atoms with van der Waals surface area (Å²) < 4.78 is 0. The SMILES string of the molecule is Cc1cccc(C)c1.Cc1cccc(C)n1.Cc1csc(C)c1.Cc1csc(C)n1. The van der Waals surface area contributed by atoms with Gasteiger partial charge in [0.2, 0.25) is 0 Å². The second kappa shape index (κ2) is 13.8. The van der Waals surface area contributed by atoms with Gasteiger partial charge in [-0.1, -0.05) is 41.5 Å². The molecule has 0 aliphatic heterocycles. The molecule has 3 heterocycles. The molecule has 1 aromatic carbocycles. The van der Waals surface area contributed by atoms with E-state index in [9.17, 15) is 0 Å². The van der Waals surface area contributed by atoms with Crippen molar-refractivity contribution in [1.29, 1.82) is 0 Å². The maximum absolute atomic E-state index is 4.17. The van der Waals surface area contributed by atoms with E-state index in [1.165, 1.54) is 21.6 Å². The van der Waals surface area contributed by atoms with Crippen LogP contribution in [0.1, 0.15) is 43.7 Å². The van der Waals surface area contributed by atoms with Crippen molar-refractivity contribution in [2.75, 3.05) is 0 Å². The first-order valence-corrected chi connectivity index (χ1v) is 11.8. The maximum atomic E-state index is 4.17. The molecule has 0 amide bonds. The summed E-state index contributed by atoms with van der Waals surface area (Å²) in [7, 11) is 0. The van der Waals surface area contributed by atoms with Gasteiger partial charge in [-0.15, -0.1) is 22.7 Å². The van der Waals surface area contributed by atoms with Gasteiger partial charge in [0.1, 0.15) is 0 Å². The molecular weight excluding hydrogens is 404 g/mol. The number of hydrogen-bond donors (Lipinski definition) is 0. The number of thiophene rings is 1. The highest BCUT2D eigenvalue weighted by Crippen LogP contribution is 2.10. The first kappa shape index (κ1) is 25.7. The van der Waals surface area contributed by atoms with Crippen molar-refractivity contribution in [1.82, 2.24) is 9.97 Å². The van der Waals surface area contributed by atoms with Crippen molar-refractivity contribution >= 4 is 22.7 Å². The molecule has 0 bridgehead atoms. The molecule has 0 spiro atoms. The second-order valence-electron chi connectivity index (χ2n) is 7.32. The molecule has 0 saturated heterocycles. The third kappa shape index (κ3) is 12.3. The summed E-state index contributed by atoms with van der Waals surface area (Å²) in [5.41, 5.74) is 7.36. The smallest absolute Gasteiger partial charge is 0.0897 e. The first-order chi connectivity index (χ1) is 14.2. The highest BCUT2D eigenvalue weighted by Gasteiger charge is 1.86. The van der Waals surface area contributed by atoms with Crippen LogP contribution in [0.3, 0.4) is 0 Å². The molecule has 0 aliphatic carbocycles. The predicted octanol–water partition coefficient (Wildman–Crippen LogP) is 8.13. The molecule has 2 nitrogen and oxygen atoms in total. The Balaban J connectivity index is 0.000000200. The summed E-state index contributed by atoms with van der Waals surface area (Å²) in [6.07, 6.45) is 0. The Hall–Kier alpha value is -2.30. The molecule has 4 rings (SSSR count). The molecule has 0 unspecified atom stereocenters. The molecule has 4 aromatic rings. The van der Waals surface area contributed by atoms with Crippen molar-refractivity contribution in [3.05, 3.63) is 103 Å². The Morgan fingerprint density at radius 1 is 0.533 bits per heavy atom. The lowest BCUT2D eigenvalue weighted by Gasteiger charge is -1.90. The molecule has 3 aromatic heterocycles. The molecule has 0 radical (unpaired) electrons. The van der Waals surface area contributed by atoms with Crippen LogP contribution >= 0.6 is 22.7 Å². The summed E-state index contributed by atoms with van der Waals surface area (Å²) in [5.74, 6) is 0. The largest absolute Gasteiger partial charge is 0.258 e. The van der Waals surface area contributed by atoms with Crippen LogP contribution in [0.2, 0.25) is 0 Å². The number of nitrogens with zero attached hydrogens (tertiary/aromatic N) is 2. The number of rotatable bonds is 0. The van der Waals surface area contributed by atoms with Crippen LogP contribution in [0.4, 0.5) is 0 Å². The number of benzene rings is 1. The summed E-state index contributed by atoms with van der Waals surface area (Å²) in [6, 6.07) is 16.6. The van der Waals surface area contributed by atoms with Crippen LogP contribution in [-0.2, 0) is 0 Å². The molecular formula is C26H34N2S2. The number of thiazole rings is 1. The second-order valence-corrected chi connectivity index (χ2v) is 9.50. The molecule has 0 N–H and O–H groups in total. The third-order valence-corrected chi connectivity index (χ3v) is 5.67. The van der Waals surface area contributed by atoms with E-state index in [1.807, 2.05) is 45.9 Å². The third-order valence-electron chi connectivity index (χ3n) is 3.80. The molecule has 4 heteroatoms. The van der Waals surface area contributed by atoms with E-state index >= 15 is 0 Å². The Morgan fingerprint density at radius 2 is 1.10 bits per heavy atom. The fourth-order valence-electron chi connectivity index (χ4n) is 2.53. The first-order valence-electron chi connectivity index (χ1n) is 9.99. The van der Waals surface area contributed by atoms with E-state index in [4.69, 9.17) is 0 Å². The number of aryl methyl sites for hydroxylation is 8. The molecule has 0 atom stereocenters. The zero-order chi connectivity index (χ0) is 22.5. The number of hydrogen-bond acceptors (Lipinski definition) is 4. The van der Waals surface area contributed by atoms with Gasteiger partial charge >= 0.3 is 0 Å². The van der Waals surface area contributed by atoms with Crippen molar-refractivity contribution in [3.63, 3.8) is 0 Å². The van der Waals surface area contributed by atoms with Gasteiger partial charge in [0.15, 0.2) is 0 Å². The van der Waals surface area contributed by atoms with Gasteiger partial charge in [-0.05, 0) is 84.5 Å². The van der Waals surface area contributed by atoms with Crippen LogP contribution < -0.4 is 0 Å². The molecule has 30 heavy (non-hydrogen) atoms. The zero-order valence-corrected chi connectivity index (χ0v) is 21.1. The van der Waals surface area contributed by atoms with Gasteiger partial charge in [-0.3, -0.25) is 4.98 Å². The summed E-state index contributed by atoms with van der Waals surface area (Å²) in [5, 5.41) is 5.36. The van der Waals surface area contributed by atoms with Gasteiger partial charge in [-0.25, -0.2) is 4.98 Å². The van der Waals surface area contributed by atoms with Crippen LogP contribution in [0.25, 0.3) is 0 Å². The standard InChI is InChI=1S/C8H10.C7H9N.C6H8S.C5H7NS/c1-7-4-3-5-8(2)6-7;1-6-4-3-5-7(2)8-6;1-5-3-6(2)7-4-5;1-4-3-7-5(2)6-4/h3-6H,1-2H3;3-5H,1-2H3;3-4H,1-2H3;3H,1-2H3. The Morgan fingerprint density at radius 3 is 1.30 bits per heavy atom. The van der Waals surface area contributed by atoms with Crippen LogP contribution in [-0.4, -0.2) is 9.97 Å². The van der Waals surface area contributed by atoms with Gasteiger partial charge in [0.25, 0.3) is 0 Å². The minimum atomic E-state index is 1.09. The number of aromatic nitrogens is 2. The molecule has 0 fully saturated rings. The van der Waals surface area contributed by atoms with Crippen molar-refractivity contribution in [2.24, 2.45) is 0 Å². The fourth-order valence-corrected chi connectivity index (χ4v) is 3.82. The summed E-state index contributed by atoms with van der Waals surface area (Å²) in [6.45, 7) is 16.4. The van der Waals surface area contributed by atoms with Gasteiger partial charge < -0.3 is 0 Å². The highest BCUT2D eigenvalue weighted by molar-refractivity contribution is 7.10. The number of pyridine rings is 1. The normalized spacial score (nSPS) is 9.33. The Kier molecular flexibility index (Phi) is 11.9. The van der Waals surface area contributed by atoms with E-state index < -0.39 is 0 Å². The van der Waals surface area contributed by atoms with E-state index in [0.29, 0.717) is 0 Å². The van der Waals surface area contributed by atoms with Crippen LogP contribution in [0.15, 0.2) is 59.3 Å². The Labute approximate surface area is 190 Å². The fraction of sp³-hybridized carbons (Fsp3) is 0.308. The highest BCUT2D eigenvalue weighted by atomic mass is 32.1. The van der Waals surface area contributed by atoms with E-state index in [2.05, 4.69) is 78.8 Å². The van der Waals surface area contributed by atoms with Gasteiger partial charge in [0, 0.05) is 27.3 Å². The van der Waals surface area contributed by atoms with E-state index in [1.54, 1.807) is 22.7 Å². The maximum Gasteiger partial charge on any atom is 0.0897 e. The molecule has 0 saturated carbocycles. The van der Waals surface area contributed by atoms with Crippen molar-refractivity contribution in [3.8, 4) is 0 Å². The van der Waals surface area contributed by atoms with E-state index in [-0.39, 0.29) is 0 Å². The average molecular weight is 439 g/mol. The minimum Gasteiger partial charge on any atom is -0.258 e. The quantitative estimate of drug-likeness (QED) is 0.277. The molecule has 0 aliphatic rings. The topological polar surface area (TPSA) is 25.8 Å². The van der Waals surface area contributed by atoms with Crippen LogP contribution in [0.5, 0.6) is 0 Å². The van der Waals surface area contributed by atoms with Crippen molar-refractivity contribution in [2.45, 2.75) is 55.4 Å². The van der Waals surface area contributed by atoms with Gasteiger partial charge in [-0.2, -0.15) is 0 Å². The molecule has 160 valence electrons. The lowest BCUT2D eigenvalue weighted by Crippen LogP contribution is -1.81. The monoisotopic (exact) mass is 438 g/mol. The Bertz CT molecular complexity index is 850. The summed E-state index contributed by atoms with van der Waals surface area (Å²) in [4.78, 5) is 9.70. The lowest BCUT2D eigenvalue weighted by atomic mass is 10.2.